The highest BCUT2D eigenvalue weighted by molar-refractivity contribution is 6.07. The van der Waals surface area contributed by atoms with Gasteiger partial charge in [0.25, 0.3) is 5.91 Å². The van der Waals surface area contributed by atoms with E-state index < -0.39 is 0 Å². The van der Waals surface area contributed by atoms with E-state index in [1.54, 1.807) is 29.2 Å². The number of nitriles is 1. The van der Waals surface area contributed by atoms with Gasteiger partial charge < -0.3 is 9.47 Å². The Hall–Kier alpha value is -3.32. The minimum Gasteiger partial charge on any atom is -0.317 e. The Labute approximate surface area is 133 Å². The minimum atomic E-state index is -0.0608. The second-order valence-electron chi connectivity index (χ2n) is 5.44. The van der Waals surface area contributed by atoms with Gasteiger partial charge in [0, 0.05) is 17.5 Å². The molecule has 0 atom stereocenters. The number of carbonyl (C=O) groups is 1. The molecule has 4 heteroatoms. The third kappa shape index (κ3) is 2.11. The van der Waals surface area contributed by atoms with E-state index in [4.69, 9.17) is 5.26 Å². The SMILES string of the molecule is N#Cc1ccc(C(=O)N2Cc3cccn3-c3ccccc32)cc1. The number of rotatable bonds is 1. The van der Waals surface area contributed by atoms with Crippen molar-refractivity contribution in [2.75, 3.05) is 4.90 Å². The Morgan fingerprint density at radius 2 is 1.70 bits per heavy atom. The van der Waals surface area contributed by atoms with Crippen LogP contribution in [-0.4, -0.2) is 10.5 Å². The number of fused-ring (bicyclic) bond motifs is 3. The maximum Gasteiger partial charge on any atom is 0.258 e. The molecule has 1 aliphatic rings. The Kier molecular flexibility index (Phi) is 2.99. The van der Waals surface area contributed by atoms with Crippen LogP contribution in [0.3, 0.4) is 0 Å². The molecule has 2 heterocycles. The number of nitrogens with zero attached hydrogens (tertiary/aromatic N) is 3. The molecule has 0 radical (unpaired) electrons. The molecule has 0 spiro atoms. The maximum absolute atomic E-state index is 12.9. The molecule has 0 bridgehead atoms. The van der Waals surface area contributed by atoms with Crippen molar-refractivity contribution < 1.29 is 4.79 Å². The third-order valence-corrected chi connectivity index (χ3v) is 4.09. The number of amides is 1. The van der Waals surface area contributed by atoms with Crippen molar-refractivity contribution in [3.8, 4) is 11.8 Å². The van der Waals surface area contributed by atoms with E-state index in [0.717, 1.165) is 17.1 Å². The monoisotopic (exact) mass is 299 g/mol. The van der Waals surface area contributed by atoms with Crippen molar-refractivity contribution >= 4 is 11.6 Å². The van der Waals surface area contributed by atoms with E-state index in [1.165, 1.54) is 0 Å². The summed E-state index contributed by atoms with van der Waals surface area (Å²) in [5.74, 6) is -0.0608. The summed E-state index contributed by atoms with van der Waals surface area (Å²) in [4.78, 5) is 14.7. The van der Waals surface area contributed by atoms with Crippen LogP contribution < -0.4 is 4.90 Å². The molecule has 2 aromatic carbocycles. The molecule has 3 aromatic rings. The maximum atomic E-state index is 12.9. The van der Waals surface area contributed by atoms with Crippen LogP contribution in [-0.2, 0) is 6.54 Å². The van der Waals surface area contributed by atoms with Crippen molar-refractivity contribution in [3.63, 3.8) is 0 Å². The van der Waals surface area contributed by atoms with Gasteiger partial charge in [-0.3, -0.25) is 4.79 Å². The lowest BCUT2D eigenvalue weighted by molar-refractivity contribution is 0.0984. The van der Waals surface area contributed by atoms with Crippen molar-refractivity contribution in [2.45, 2.75) is 6.54 Å². The summed E-state index contributed by atoms with van der Waals surface area (Å²) in [5.41, 5.74) is 4.10. The van der Waals surface area contributed by atoms with Gasteiger partial charge in [-0.2, -0.15) is 5.26 Å². The molecule has 1 aromatic heterocycles. The molecular formula is C19H13N3O. The Bertz CT molecular complexity index is 932. The number of carbonyl (C=O) groups excluding carboxylic acids is 1. The Morgan fingerprint density at radius 3 is 2.43 bits per heavy atom. The van der Waals surface area contributed by atoms with Crippen LogP contribution in [0.2, 0.25) is 0 Å². The lowest BCUT2D eigenvalue weighted by Crippen LogP contribution is -2.34. The lowest BCUT2D eigenvalue weighted by atomic mass is 10.1. The average Bonchev–Trinajstić information content (AvgIpc) is 3.09. The van der Waals surface area contributed by atoms with E-state index in [9.17, 15) is 4.79 Å². The fourth-order valence-corrected chi connectivity index (χ4v) is 2.95. The molecule has 0 fully saturated rings. The number of aromatic nitrogens is 1. The molecule has 4 rings (SSSR count). The van der Waals surface area contributed by atoms with Crippen LogP contribution in [0.1, 0.15) is 21.6 Å². The minimum absolute atomic E-state index is 0.0608. The molecule has 4 nitrogen and oxygen atoms in total. The zero-order valence-electron chi connectivity index (χ0n) is 12.3. The zero-order chi connectivity index (χ0) is 15.8. The van der Waals surface area contributed by atoms with Crippen LogP contribution in [0.5, 0.6) is 0 Å². The van der Waals surface area contributed by atoms with Gasteiger partial charge in [-0.15, -0.1) is 0 Å². The predicted molar refractivity (Wildman–Crippen MR) is 87.4 cm³/mol. The van der Waals surface area contributed by atoms with Gasteiger partial charge in [-0.25, -0.2) is 0 Å². The summed E-state index contributed by atoms with van der Waals surface area (Å²) < 4.78 is 2.11. The standard InChI is InChI=1S/C19H13N3O/c20-12-14-7-9-15(10-8-14)19(23)22-13-16-4-3-11-21(16)17-5-1-2-6-18(17)22/h1-11H,13H2. The quantitative estimate of drug-likeness (QED) is 0.690. The van der Waals surface area contributed by atoms with Crippen molar-refractivity contribution in [3.05, 3.63) is 83.7 Å². The van der Waals surface area contributed by atoms with Crippen LogP contribution >= 0.6 is 0 Å². The van der Waals surface area contributed by atoms with Crippen LogP contribution in [0.25, 0.3) is 5.69 Å². The van der Waals surface area contributed by atoms with Crippen molar-refractivity contribution in [1.29, 1.82) is 5.26 Å². The summed E-state index contributed by atoms with van der Waals surface area (Å²) in [5, 5.41) is 8.88. The van der Waals surface area contributed by atoms with E-state index in [1.807, 2.05) is 42.6 Å². The predicted octanol–water partition coefficient (Wildman–Crippen LogP) is 3.51. The molecule has 110 valence electrons. The van der Waals surface area contributed by atoms with Gasteiger partial charge in [-0.05, 0) is 48.5 Å². The second kappa shape index (κ2) is 5.15. The first-order valence-electron chi connectivity index (χ1n) is 7.35. The summed E-state index contributed by atoms with van der Waals surface area (Å²) >= 11 is 0. The Balaban J connectivity index is 1.77. The van der Waals surface area contributed by atoms with Gasteiger partial charge in [0.05, 0.1) is 29.6 Å². The first-order chi connectivity index (χ1) is 11.3. The summed E-state index contributed by atoms with van der Waals surface area (Å²) in [7, 11) is 0. The molecule has 0 saturated carbocycles. The van der Waals surface area contributed by atoms with Gasteiger partial charge in [0.15, 0.2) is 0 Å². The molecule has 0 N–H and O–H groups in total. The number of para-hydroxylation sites is 2. The second-order valence-corrected chi connectivity index (χ2v) is 5.44. The van der Waals surface area contributed by atoms with Gasteiger partial charge >= 0.3 is 0 Å². The van der Waals surface area contributed by atoms with Crippen LogP contribution in [0, 0.1) is 11.3 Å². The molecule has 23 heavy (non-hydrogen) atoms. The summed E-state index contributed by atoms with van der Waals surface area (Å²) in [6, 6.07) is 20.7. The molecule has 0 unspecified atom stereocenters. The normalized spacial score (nSPS) is 12.2. The van der Waals surface area contributed by atoms with E-state index in [0.29, 0.717) is 17.7 Å². The lowest BCUT2D eigenvalue weighted by Gasteiger charge is -2.31. The largest absolute Gasteiger partial charge is 0.317 e. The molecular weight excluding hydrogens is 286 g/mol. The van der Waals surface area contributed by atoms with Crippen molar-refractivity contribution in [2.24, 2.45) is 0 Å². The first kappa shape index (κ1) is 13.4. The van der Waals surface area contributed by atoms with E-state index in [-0.39, 0.29) is 5.91 Å². The topological polar surface area (TPSA) is 49.0 Å². The highest BCUT2D eigenvalue weighted by Crippen LogP contribution is 2.33. The molecule has 1 aliphatic heterocycles. The van der Waals surface area contributed by atoms with E-state index in [2.05, 4.69) is 10.6 Å². The highest BCUT2D eigenvalue weighted by atomic mass is 16.2. The number of hydrogen-bond donors (Lipinski definition) is 0. The fourth-order valence-electron chi connectivity index (χ4n) is 2.95. The van der Waals surface area contributed by atoms with E-state index >= 15 is 0 Å². The zero-order valence-corrected chi connectivity index (χ0v) is 12.3. The smallest absolute Gasteiger partial charge is 0.258 e. The Morgan fingerprint density at radius 1 is 0.957 bits per heavy atom. The molecule has 0 aliphatic carbocycles. The van der Waals surface area contributed by atoms with Gasteiger partial charge in [-0.1, -0.05) is 12.1 Å². The molecule has 0 saturated heterocycles. The molecule has 1 amide bonds. The third-order valence-electron chi connectivity index (χ3n) is 4.09. The van der Waals surface area contributed by atoms with Gasteiger partial charge in [0.2, 0.25) is 0 Å². The average molecular weight is 299 g/mol. The van der Waals surface area contributed by atoms with Crippen LogP contribution in [0.4, 0.5) is 5.69 Å². The number of anilines is 1. The van der Waals surface area contributed by atoms with Gasteiger partial charge in [0.1, 0.15) is 0 Å². The van der Waals surface area contributed by atoms with Crippen LogP contribution in [0.15, 0.2) is 66.9 Å². The summed E-state index contributed by atoms with van der Waals surface area (Å²) in [6.07, 6.45) is 2.01. The number of hydrogen-bond acceptors (Lipinski definition) is 2. The van der Waals surface area contributed by atoms with Crippen molar-refractivity contribution in [1.82, 2.24) is 4.57 Å². The highest BCUT2D eigenvalue weighted by Gasteiger charge is 2.26. The summed E-state index contributed by atoms with van der Waals surface area (Å²) in [6.45, 7) is 0.531. The fraction of sp³-hybridized carbons (Fsp3) is 0.0526. The first-order valence-corrected chi connectivity index (χ1v) is 7.35. The number of benzene rings is 2.